The van der Waals surface area contributed by atoms with Crippen molar-refractivity contribution >= 4 is 0 Å². The van der Waals surface area contributed by atoms with Crippen LogP contribution in [0.25, 0.3) is 0 Å². The topological polar surface area (TPSA) is 45.0 Å². The molecule has 0 spiro atoms. The van der Waals surface area contributed by atoms with Gasteiger partial charge in [0, 0.05) is 6.04 Å². The molecule has 2 rings (SSSR count). The van der Waals surface area contributed by atoms with Crippen molar-refractivity contribution in [1.29, 1.82) is 5.26 Å². The summed E-state index contributed by atoms with van der Waals surface area (Å²) in [5.74, 6) is 0.838. The molecule has 0 bridgehead atoms. The van der Waals surface area contributed by atoms with Crippen LogP contribution in [0.5, 0.6) is 5.75 Å². The smallest absolute Gasteiger partial charge is 0.123 e. The molecule has 1 aliphatic rings. The van der Waals surface area contributed by atoms with Crippen LogP contribution in [0.3, 0.4) is 0 Å². The minimum atomic E-state index is 0.596. The van der Waals surface area contributed by atoms with Crippen LogP contribution in [0.4, 0.5) is 0 Å². The molecule has 3 heteroatoms. The van der Waals surface area contributed by atoms with Gasteiger partial charge in [-0.25, -0.2) is 0 Å². The molecule has 1 unspecified atom stereocenters. The molecule has 1 atom stereocenters. The Bertz CT molecular complexity index is 431. The molecule has 1 fully saturated rings. The van der Waals surface area contributed by atoms with E-state index in [2.05, 4.69) is 11.4 Å². The number of benzene rings is 1. The van der Waals surface area contributed by atoms with Crippen LogP contribution in [0.15, 0.2) is 18.2 Å². The molecule has 0 aromatic heterocycles. The highest BCUT2D eigenvalue weighted by atomic mass is 16.5. The third kappa shape index (κ3) is 3.48. The molecule has 1 saturated heterocycles. The maximum absolute atomic E-state index is 8.87. The molecule has 0 saturated carbocycles. The van der Waals surface area contributed by atoms with Crippen LogP contribution in [-0.4, -0.2) is 19.2 Å². The summed E-state index contributed by atoms with van der Waals surface area (Å²) >= 11 is 0. The third-order valence-electron chi connectivity index (χ3n) is 3.45. The molecule has 96 valence electrons. The predicted octanol–water partition coefficient (Wildman–Crippen LogP) is 2.78. The summed E-state index contributed by atoms with van der Waals surface area (Å²) < 4.78 is 5.79. The average molecular weight is 244 g/mol. The number of hydrogen-bond donors (Lipinski definition) is 1. The van der Waals surface area contributed by atoms with Crippen molar-refractivity contribution in [3.05, 3.63) is 29.3 Å². The van der Waals surface area contributed by atoms with Gasteiger partial charge in [-0.1, -0.05) is 12.5 Å². The monoisotopic (exact) mass is 244 g/mol. The zero-order valence-corrected chi connectivity index (χ0v) is 10.9. The van der Waals surface area contributed by atoms with Gasteiger partial charge < -0.3 is 10.1 Å². The quantitative estimate of drug-likeness (QED) is 0.885. The Morgan fingerprint density at radius 3 is 3.06 bits per heavy atom. The van der Waals surface area contributed by atoms with E-state index in [1.165, 1.54) is 19.3 Å². The lowest BCUT2D eigenvalue weighted by molar-refractivity contribution is 0.267. The summed E-state index contributed by atoms with van der Waals surface area (Å²) in [7, 11) is 0. The summed E-state index contributed by atoms with van der Waals surface area (Å²) in [4.78, 5) is 0. The van der Waals surface area contributed by atoms with E-state index in [4.69, 9.17) is 10.00 Å². The van der Waals surface area contributed by atoms with Gasteiger partial charge in [0.15, 0.2) is 0 Å². The van der Waals surface area contributed by atoms with E-state index in [1.54, 1.807) is 0 Å². The maximum atomic E-state index is 8.87. The number of hydrogen-bond acceptors (Lipinski definition) is 3. The lowest BCUT2D eigenvalue weighted by Gasteiger charge is -2.23. The fraction of sp³-hybridized carbons (Fsp3) is 0.533. The van der Waals surface area contributed by atoms with E-state index in [0.29, 0.717) is 18.2 Å². The Hall–Kier alpha value is -1.53. The minimum Gasteiger partial charge on any atom is -0.493 e. The van der Waals surface area contributed by atoms with Crippen LogP contribution >= 0.6 is 0 Å². The van der Waals surface area contributed by atoms with Crippen molar-refractivity contribution in [2.75, 3.05) is 13.2 Å². The van der Waals surface area contributed by atoms with E-state index in [-0.39, 0.29) is 0 Å². The fourth-order valence-electron chi connectivity index (χ4n) is 2.31. The first kappa shape index (κ1) is 12.9. The summed E-state index contributed by atoms with van der Waals surface area (Å²) in [5, 5.41) is 12.4. The number of nitrogens with zero attached hydrogens (tertiary/aromatic N) is 1. The summed E-state index contributed by atoms with van der Waals surface area (Å²) in [5.41, 5.74) is 1.75. The van der Waals surface area contributed by atoms with Gasteiger partial charge >= 0.3 is 0 Å². The molecule has 0 amide bonds. The SMILES string of the molecule is Cc1ccc(C#N)cc1OCCC1CCCCN1. The maximum Gasteiger partial charge on any atom is 0.123 e. The molecule has 3 nitrogen and oxygen atoms in total. The average Bonchev–Trinajstić information content (AvgIpc) is 2.42. The Morgan fingerprint density at radius 1 is 1.44 bits per heavy atom. The minimum absolute atomic E-state index is 0.596. The first-order chi connectivity index (χ1) is 8.79. The van der Waals surface area contributed by atoms with Crippen molar-refractivity contribution in [2.45, 2.75) is 38.6 Å². The second kappa shape index (κ2) is 6.42. The predicted molar refractivity (Wildman–Crippen MR) is 71.6 cm³/mol. The third-order valence-corrected chi connectivity index (χ3v) is 3.45. The standard InChI is InChI=1S/C15H20N2O/c1-12-5-6-13(11-16)10-15(12)18-9-7-14-4-2-3-8-17-14/h5-6,10,14,17H,2-4,7-9H2,1H3. The van der Waals surface area contributed by atoms with Gasteiger partial charge in [-0.2, -0.15) is 5.26 Å². The van der Waals surface area contributed by atoms with Crippen molar-refractivity contribution in [3.8, 4) is 11.8 Å². The largest absolute Gasteiger partial charge is 0.493 e. The van der Waals surface area contributed by atoms with Crippen molar-refractivity contribution < 1.29 is 4.74 Å². The van der Waals surface area contributed by atoms with E-state index >= 15 is 0 Å². The first-order valence-electron chi connectivity index (χ1n) is 6.66. The highest BCUT2D eigenvalue weighted by molar-refractivity contribution is 5.41. The summed E-state index contributed by atoms with van der Waals surface area (Å²) in [6.07, 6.45) is 4.90. The number of nitrogens with one attached hydrogen (secondary N) is 1. The van der Waals surface area contributed by atoms with E-state index < -0.39 is 0 Å². The molecule has 1 heterocycles. The van der Waals surface area contributed by atoms with Crippen LogP contribution in [-0.2, 0) is 0 Å². The number of aryl methyl sites for hydroxylation is 1. The van der Waals surface area contributed by atoms with Crippen LogP contribution < -0.4 is 10.1 Å². The van der Waals surface area contributed by atoms with Gasteiger partial charge in [-0.05, 0) is 50.4 Å². The van der Waals surface area contributed by atoms with Crippen molar-refractivity contribution in [3.63, 3.8) is 0 Å². The Balaban J connectivity index is 1.84. The molecule has 1 aliphatic heterocycles. The molecule has 1 N–H and O–H groups in total. The molecule has 0 radical (unpaired) electrons. The van der Waals surface area contributed by atoms with Gasteiger partial charge in [-0.3, -0.25) is 0 Å². The first-order valence-corrected chi connectivity index (χ1v) is 6.66. The summed E-state index contributed by atoms with van der Waals surface area (Å²) in [6, 6.07) is 8.32. The van der Waals surface area contributed by atoms with E-state index in [1.807, 2.05) is 25.1 Å². The molecule has 1 aromatic carbocycles. The number of piperidine rings is 1. The normalized spacial score (nSPS) is 19.2. The molecule has 1 aromatic rings. The van der Waals surface area contributed by atoms with Gasteiger partial charge in [0.1, 0.15) is 5.75 Å². The molecular weight excluding hydrogens is 224 g/mol. The molecule has 0 aliphatic carbocycles. The second-order valence-corrected chi connectivity index (χ2v) is 4.88. The lowest BCUT2D eigenvalue weighted by Crippen LogP contribution is -2.35. The highest BCUT2D eigenvalue weighted by Gasteiger charge is 2.12. The van der Waals surface area contributed by atoms with Crippen LogP contribution in [0.1, 0.15) is 36.8 Å². The number of ether oxygens (including phenoxy) is 1. The Morgan fingerprint density at radius 2 is 2.33 bits per heavy atom. The van der Waals surface area contributed by atoms with Crippen molar-refractivity contribution in [2.24, 2.45) is 0 Å². The number of rotatable bonds is 4. The molecule has 18 heavy (non-hydrogen) atoms. The number of nitriles is 1. The zero-order chi connectivity index (χ0) is 12.8. The van der Waals surface area contributed by atoms with Crippen molar-refractivity contribution in [1.82, 2.24) is 5.32 Å². The lowest BCUT2D eigenvalue weighted by atomic mass is 10.0. The Kier molecular flexibility index (Phi) is 4.60. The second-order valence-electron chi connectivity index (χ2n) is 4.88. The van der Waals surface area contributed by atoms with Gasteiger partial charge in [-0.15, -0.1) is 0 Å². The van der Waals surface area contributed by atoms with Gasteiger partial charge in [0.2, 0.25) is 0 Å². The fourth-order valence-corrected chi connectivity index (χ4v) is 2.31. The summed E-state index contributed by atoms with van der Waals surface area (Å²) in [6.45, 7) is 3.86. The van der Waals surface area contributed by atoms with E-state index in [0.717, 1.165) is 24.3 Å². The Labute approximate surface area is 109 Å². The highest BCUT2D eigenvalue weighted by Crippen LogP contribution is 2.20. The van der Waals surface area contributed by atoms with Gasteiger partial charge in [0.25, 0.3) is 0 Å². The van der Waals surface area contributed by atoms with Gasteiger partial charge in [0.05, 0.1) is 18.2 Å². The van der Waals surface area contributed by atoms with Crippen LogP contribution in [0, 0.1) is 18.3 Å². The van der Waals surface area contributed by atoms with E-state index in [9.17, 15) is 0 Å². The van der Waals surface area contributed by atoms with Crippen LogP contribution in [0.2, 0.25) is 0 Å². The molecular formula is C15H20N2O. The zero-order valence-electron chi connectivity index (χ0n) is 10.9.